The third kappa shape index (κ3) is 4.50. The third-order valence-electron chi connectivity index (χ3n) is 2.26. The normalized spacial score (nSPS) is 13.2. The summed E-state index contributed by atoms with van der Waals surface area (Å²) in [5.74, 6) is 0.244. The van der Waals surface area contributed by atoms with Gasteiger partial charge in [0.2, 0.25) is 0 Å². The molecule has 0 saturated carbocycles. The lowest BCUT2D eigenvalue weighted by Gasteiger charge is -2.15. The van der Waals surface area contributed by atoms with Crippen molar-refractivity contribution in [3.8, 4) is 0 Å². The Morgan fingerprint density at radius 1 is 1.35 bits per heavy atom. The lowest BCUT2D eigenvalue weighted by atomic mass is 10.4. The number of hydrogen-bond donors (Lipinski definition) is 1. The highest BCUT2D eigenvalue weighted by Gasteiger charge is 2.19. The van der Waals surface area contributed by atoms with Gasteiger partial charge in [0.15, 0.2) is 9.84 Å². The fourth-order valence-corrected chi connectivity index (χ4v) is 3.27. The fraction of sp³-hybridized carbons (Fsp3) is 0.333. The molecular weight excluding hydrogens is 258 g/mol. The van der Waals surface area contributed by atoms with Crippen molar-refractivity contribution in [2.45, 2.75) is 10.9 Å². The van der Waals surface area contributed by atoms with E-state index in [4.69, 9.17) is 11.6 Å². The van der Waals surface area contributed by atoms with Gasteiger partial charge >= 0.3 is 0 Å². The predicted octanol–water partition coefficient (Wildman–Crippen LogP) is 1.84. The summed E-state index contributed by atoms with van der Waals surface area (Å²) in [5, 5.41) is 3.02. The van der Waals surface area contributed by atoms with Crippen LogP contribution in [0.3, 0.4) is 0 Å². The summed E-state index contributed by atoms with van der Waals surface area (Å²) in [6, 6.07) is 8.12. The van der Waals surface area contributed by atoms with Crippen molar-refractivity contribution >= 4 is 21.4 Å². The fourth-order valence-electron chi connectivity index (χ4n) is 1.40. The SMILES string of the molecule is C=CCNC(CCl)CS(=O)(=O)c1ccccc1. The summed E-state index contributed by atoms with van der Waals surface area (Å²) >= 11 is 5.74. The molecule has 1 aromatic rings. The molecule has 3 nitrogen and oxygen atoms in total. The van der Waals surface area contributed by atoms with Crippen LogP contribution in [0, 0.1) is 0 Å². The Kier molecular flexibility index (Phi) is 5.68. The predicted molar refractivity (Wildman–Crippen MR) is 71.2 cm³/mol. The van der Waals surface area contributed by atoms with Crippen LogP contribution in [0.25, 0.3) is 0 Å². The first-order chi connectivity index (χ1) is 8.10. The standard InChI is InChI=1S/C12H16ClNO2S/c1-2-8-14-11(9-13)10-17(15,16)12-6-4-3-5-7-12/h2-7,11,14H,1,8-10H2. The Morgan fingerprint density at radius 2 is 2.00 bits per heavy atom. The molecule has 5 heteroatoms. The molecule has 17 heavy (non-hydrogen) atoms. The molecule has 1 aromatic carbocycles. The first kappa shape index (κ1) is 14.2. The zero-order valence-electron chi connectivity index (χ0n) is 9.47. The summed E-state index contributed by atoms with van der Waals surface area (Å²) in [5.41, 5.74) is 0. The maximum Gasteiger partial charge on any atom is 0.179 e. The van der Waals surface area contributed by atoms with Crippen molar-refractivity contribution < 1.29 is 8.42 Å². The number of rotatable bonds is 7. The molecule has 0 radical (unpaired) electrons. The first-order valence-corrected chi connectivity index (χ1v) is 7.47. The second kappa shape index (κ2) is 6.79. The number of hydrogen-bond acceptors (Lipinski definition) is 3. The molecule has 1 N–H and O–H groups in total. The molecular formula is C12H16ClNO2S. The monoisotopic (exact) mass is 273 g/mol. The van der Waals surface area contributed by atoms with E-state index < -0.39 is 9.84 Å². The largest absolute Gasteiger partial charge is 0.308 e. The molecule has 1 atom stereocenters. The minimum Gasteiger partial charge on any atom is -0.308 e. The number of alkyl halides is 1. The first-order valence-electron chi connectivity index (χ1n) is 5.28. The Hall–Kier alpha value is -0.840. The van der Waals surface area contributed by atoms with Crippen molar-refractivity contribution in [2.75, 3.05) is 18.2 Å². The summed E-state index contributed by atoms with van der Waals surface area (Å²) in [7, 11) is -3.28. The van der Waals surface area contributed by atoms with Gasteiger partial charge in [0.05, 0.1) is 10.6 Å². The van der Waals surface area contributed by atoms with E-state index in [1.807, 2.05) is 0 Å². The highest BCUT2D eigenvalue weighted by molar-refractivity contribution is 7.91. The van der Waals surface area contributed by atoms with E-state index in [2.05, 4.69) is 11.9 Å². The van der Waals surface area contributed by atoms with Crippen molar-refractivity contribution in [2.24, 2.45) is 0 Å². The van der Waals surface area contributed by atoms with Crippen LogP contribution in [0.1, 0.15) is 0 Å². The van der Waals surface area contributed by atoms with E-state index in [9.17, 15) is 8.42 Å². The van der Waals surface area contributed by atoms with Gasteiger partial charge in [0, 0.05) is 18.5 Å². The zero-order valence-corrected chi connectivity index (χ0v) is 11.0. The third-order valence-corrected chi connectivity index (χ3v) is 4.46. The highest BCUT2D eigenvalue weighted by Crippen LogP contribution is 2.11. The molecule has 0 fully saturated rings. The van der Waals surface area contributed by atoms with Gasteiger partial charge in [0.1, 0.15) is 0 Å². The van der Waals surface area contributed by atoms with E-state index in [1.54, 1.807) is 36.4 Å². The lowest BCUT2D eigenvalue weighted by Crippen LogP contribution is -2.37. The Labute approximate surface area is 107 Å². The van der Waals surface area contributed by atoms with Gasteiger partial charge < -0.3 is 5.32 Å². The minimum atomic E-state index is -3.28. The maximum atomic E-state index is 12.0. The van der Waals surface area contributed by atoms with E-state index in [0.29, 0.717) is 11.4 Å². The average molecular weight is 274 g/mol. The number of halogens is 1. The Bertz CT molecular complexity index is 445. The van der Waals surface area contributed by atoms with E-state index in [-0.39, 0.29) is 17.7 Å². The molecule has 0 aliphatic rings. The van der Waals surface area contributed by atoms with Crippen molar-refractivity contribution in [1.82, 2.24) is 5.32 Å². The van der Waals surface area contributed by atoms with Crippen LogP contribution in [0.4, 0.5) is 0 Å². The molecule has 0 aliphatic carbocycles. The van der Waals surface area contributed by atoms with Crippen molar-refractivity contribution in [3.05, 3.63) is 43.0 Å². The van der Waals surface area contributed by atoms with E-state index in [1.165, 1.54) is 0 Å². The quantitative estimate of drug-likeness (QED) is 0.609. The number of nitrogens with one attached hydrogen (secondary N) is 1. The second-order valence-electron chi connectivity index (χ2n) is 3.64. The highest BCUT2D eigenvalue weighted by atomic mass is 35.5. The van der Waals surface area contributed by atoms with Crippen molar-refractivity contribution in [3.63, 3.8) is 0 Å². The van der Waals surface area contributed by atoms with Gasteiger partial charge in [0.25, 0.3) is 0 Å². The second-order valence-corrected chi connectivity index (χ2v) is 5.99. The smallest absolute Gasteiger partial charge is 0.179 e. The van der Waals surface area contributed by atoms with Crippen LogP contribution in [0.2, 0.25) is 0 Å². The van der Waals surface area contributed by atoms with E-state index in [0.717, 1.165) is 0 Å². The summed E-state index contributed by atoms with van der Waals surface area (Å²) in [4.78, 5) is 0.329. The van der Waals surface area contributed by atoms with Crippen LogP contribution in [0.5, 0.6) is 0 Å². The zero-order chi connectivity index (χ0) is 12.7. The molecule has 1 rings (SSSR count). The molecule has 0 heterocycles. The molecule has 0 saturated heterocycles. The van der Waals surface area contributed by atoms with Crippen LogP contribution >= 0.6 is 11.6 Å². The molecule has 0 aliphatic heterocycles. The number of benzene rings is 1. The lowest BCUT2D eigenvalue weighted by molar-refractivity contribution is 0.573. The van der Waals surface area contributed by atoms with Gasteiger partial charge in [-0.25, -0.2) is 8.42 Å². The molecule has 0 amide bonds. The summed E-state index contributed by atoms with van der Waals surface area (Å²) in [6.45, 7) is 4.11. The van der Waals surface area contributed by atoms with Gasteiger partial charge in [-0.15, -0.1) is 18.2 Å². The maximum absolute atomic E-state index is 12.0. The summed E-state index contributed by atoms with van der Waals surface area (Å²) < 4.78 is 24.1. The molecule has 94 valence electrons. The van der Waals surface area contributed by atoms with Gasteiger partial charge in [-0.2, -0.15) is 0 Å². The number of sulfone groups is 1. The Morgan fingerprint density at radius 3 is 2.53 bits per heavy atom. The van der Waals surface area contributed by atoms with Crippen LogP contribution in [-0.2, 0) is 9.84 Å². The Balaban J connectivity index is 2.75. The van der Waals surface area contributed by atoms with Gasteiger partial charge in [-0.1, -0.05) is 24.3 Å². The van der Waals surface area contributed by atoms with E-state index >= 15 is 0 Å². The topological polar surface area (TPSA) is 46.2 Å². The van der Waals surface area contributed by atoms with Gasteiger partial charge in [-0.3, -0.25) is 0 Å². The molecule has 0 bridgehead atoms. The average Bonchev–Trinajstić information content (AvgIpc) is 2.35. The summed E-state index contributed by atoms with van der Waals surface area (Å²) in [6.07, 6.45) is 1.68. The van der Waals surface area contributed by atoms with Crippen LogP contribution in [-0.4, -0.2) is 32.6 Å². The van der Waals surface area contributed by atoms with Crippen molar-refractivity contribution in [1.29, 1.82) is 0 Å². The molecule has 0 aromatic heterocycles. The molecule has 0 spiro atoms. The molecule has 1 unspecified atom stereocenters. The minimum absolute atomic E-state index is 0.00560. The van der Waals surface area contributed by atoms with Crippen LogP contribution in [0.15, 0.2) is 47.9 Å². The van der Waals surface area contributed by atoms with Gasteiger partial charge in [-0.05, 0) is 12.1 Å². The van der Waals surface area contributed by atoms with Crippen LogP contribution < -0.4 is 5.32 Å².